The Morgan fingerprint density at radius 3 is 2.67 bits per heavy atom. The van der Waals surface area contributed by atoms with Gasteiger partial charge < -0.3 is 20.5 Å². The highest BCUT2D eigenvalue weighted by Gasteiger charge is 2.26. The van der Waals surface area contributed by atoms with Crippen molar-refractivity contribution in [1.29, 1.82) is 0 Å². The summed E-state index contributed by atoms with van der Waals surface area (Å²) in [7, 11) is 1.56. The van der Waals surface area contributed by atoms with Gasteiger partial charge in [-0.1, -0.05) is 12.5 Å². The minimum absolute atomic E-state index is 0.0366. The van der Waals surface area contributed by atoms with Gasteiger partial charge in [-0.15, -0.1) is 0 Å². The van der Waals surface area contributed by atoms with Gasteiger partial charge in [0.25, 0.3) is 0 Å². The molecule has 2 unspecified atom stereocenters. The number of halogens is 1. The van der Waals surface area contributed by atoms with Gasteiger partial charge in [-0.3, -0.25) is 4.79 Å². The third-order valence-corrected chi connectivity index (χ3v) is 4.82. The number of amides is 1. The normalized spacial score (nSPS) is 19.4. The number of ether oxygens (including phenoxy) is 2. The highest BCUT2D eigenvalue weighted by Crippen LogP contribution is 2.36. The van der Waals surface area contributed by atoms with Crippen LogP contribution in [-0.4, -0.2) is 19.1 Å². The first-order chi connectivity index (χ1) is 13.0. The molecule has 0 aliphatic heterocycles. The predicted octanol–water partition coefficient (Wildman–Crippen LogP) is 4.39. The van der Waals surface area contributed by atoms with Crippen LogP contribution in [-0.2, 0) is 4.79 Å². The molecular formula is C21H25FN2O3. The summed E-state index contributed by atoms with van der Waals surface area (Å²) in [5.41, 5.74) is 7.30. The van der Waals surface area contributed by atoms with Crippen LogP contribution in [0, 0.1) is 18.7 Å². The summed E-state index contributed by atoms with van der Waals surface area (Å²) < 4.78 is 25.1. The van der Waals surface area contributed by atoms with E-state index in [2.05, 4.69) is 5.32 Å². The minimum atomic E-state index is -0.450. The molecule has 0 saturated heterocycles. The second-order valence-electron chi connectivity index (χ2n) is 7.01. The van der Waals surface area contributed by atoms with E-state index < -0.39 is 5.82 Å². The van der Waals surface area contributed by atoms with Gasteiger partial charge in [-0.25, -0.2) is 4.39 Å². The summed E-state index contributed by atoms with van der Waals surface area (Å²) in [5.74, 6) is 0.635. The van der Waals surface area contributed by atoms with E-state index in [9.17, 15) is 9.18 Å². The van der Waals surface area contributed by atoms with Gasteiger partial charge in [0.05, 0.1) is 12.8 Å². The van der Waals surface area contributed by atoms with E-state index in [1.807, 2.05) is 19.1 Å². The molecule has 27 heavy (non-hydrogen) atoms. The van der Waals surface area contributed by atoms with Crippen LogP contribution in [0.4, 0.5) is 10.1 Å². The molecule has 144 valence electrons. The van der Waals surface area contributed by atoms with Crippen molar-refractivity contribution in [1.82, 2.24) is 0 Å². The number of hydrogen-bond acceptors (Lipinski definition) is 4. The number of hydrogen-bond donors (Lipinski definition) is 2. The second kappa shape index (κ2) is 8.39. The molecule has 3 rings (SSSR count). The molecule has 2 atom stereocenters. The van der Waals surface area contributed by atoms with Crippen molar-refractivity contribution in [2.45, 2.75) is 38.6 Å². The van der Waals surface area contributed by atoms with E-state index in [0.717, 1.165) is 24.8 Å². The molecule has 0 heterocycles. The van der Waals surface area contributed by atoms with E-state index in [1.165, 1.54) is 18.2 Å². The molecule has 2 aromatic carbocycles. The molecule has 0 spiro atoms. The van der Waals surface area contributed by atoms with Crippen molar-refractivity contribution < 1.29 is 18.7 Å². The molecule has 0 radical (unpaired) electrons. The first-order valence-electron chi connectivity index (χ1n) is 9.14. The summed E-state index contributed by atoms with van der Waals surface area (Å²) in [4.78, 5) is 12.6. The van der Waals surface area contributed by atoms with E-state index in [-0.39, 0.29) is 17.9 Å². The summed E-state index contributed by atoms with van der Waals surface area (Å²) in [6.45, 7) is 1.95. The molecule has 0 aromatic heterocycles. The molecule has 1 amide bonds. The highest BCUT2D eigenvalue weighted by molar-refractivity contribution is 5.94. The summed E-state index contributed by atoms with van der Waals surface area (Å²) in [6, 6.07) is 9.61. The van der Waals surface area contributed by atoms with Crippen molar-refractivity contribution in [3.05, 3.63) is 47.8 Å². The lowest BCUT2D eigenvalue weighted by molar-refractivity contribution is -0.120. The van der Waals surface area contributed by atoms with Crippen LogP contribution < -0.4 is 20.5 Å². The predicted molar refractivity (Wildman–Crippen MR) is 103 cm³/mol. The molecule has 6 heteroatoms. The Bertz CT molecular complexity index is 825. The summed E-state index contributed by atoms with van der Waals surface area (Å²) >= 11 is 0. The van der Waals surface area contributed by atoms with Gasteiger partial charge in [-0.05, 0) is 56.0 Å². The third-order valence-electron chi connectivity index (χ3n) is 4.82. The quantitative estimate of drug-likeness (QED) is 0.816. The van der Waals surface area contributed by atoms with Crippen molar-refractivity contribution in [3.8, 4) is 17.2 Å². The van der Waals surface area contributed by atoms with Crippen LogP contribution in [0.25, 0.3) is 0 Å². The number of aryl methyl sites for hydroxylation is 1. The SMILES string of the molecule is COc1cc(C)ccc1Oc1ccc(F)cc1NC(=O)C1CCCC(N)C1. The Kier molecular flexibility index (Phi) is 5.96. The van der Waals surface area contributed by atoms with E-state index in [1.54, 1.807) is 13.2 Å². The molecule has 1 fully saturated rings. The number of benzene rings is 2. The number of rotatable bonds is 5. The van der Waals surface area contributed by atoms with E-state index in [4.69, 9.17) is 15.2 Å². The third kappa shape index (κ3) is 4.77. The van der Waals surface area contributed by atoms with Gasteiger partial charge >= 0.3 is 0 Å². The van der Waals surface area contributed by atoms with Gasteiger partial charge in [0.1, 0.15) is 5.82 Å². The lowest BCUT2D eigenvalue weighted by Crippen LogP contribution is -2.34. The number of carbonyl (C=O) groups excluding carboxylic acids is 1. The maximum Gasteiger partial charge on any atom is 0.227 e. The first-order valence-corrected chi connectivity index (χ1v) is 9.14. The smallest absolute Gasteiger partial charge is 0.227 e. The molecular weight excluding hydrogens is 347 g/mol. The van der Waals surface area contributed by atoms with Gasteiger partial charge in [0.15, 0.2) is 17.2 Å². The Labute approximate surface area is 158 Å². The van der Waals surface area contributed by atoms with Crippen molar-refractivity contribution >= 4 is 11.6 Å². The number of methoxy groups -OCH3 is 1. The second-order valence-corrected chi connectivity index (χ2v) is 7.01. The highest BCUT2D eigenvalue weighted by atomic mass is 19.1. The van der Waals surface area contributed by atoms with Crippen LogP contribution in [0.2, 0.25) is 0 Å². The zero-order valence-corrected chi connectivity index (χ0v) is 15.6. The minimum Gasteiger partial charge on any atom is -0.493 e. The van der Waals surface area contributed by atoms with Gasteiger partial charge in [-0.2, -0.15) is 0 Å². The Balaban J connectivity index is 1.82. The van der Waals surface area contributed by atoms with Crippen molar-refractivity contribution in [2.24, 2.45) is 11.7 Å². The standard InChI is InChI=1S/C21H25FN2O3/c1-13-6-8-19(20(10-13)26-2)27-18-9-7-15(22)12-17(18)24-21(25)14-4-3-5-16(23)11-14/h6-10,12,14,16H,3-5,11,23H2,1-2H3,(H,24,25). The molecule has 1 aliphatic carbocycles. The Morgan fingerprint density at radius 2 is 1.93 bits per heavy atom. The fourth-order valence-corrected chi connectivity index (χ4v) is 3.37. The topological polar surface area (TPSA) is 73.6 Å². The molecule has 1 aliphatic rings. The number of nitrogens with one attached hydrogen (secondary N) is 1. The summed E-state index contributed by atoms with van der Waals surface area (Å²) in [5, 5.41) is 2.81. The zero-order valence-electron chi connectivity index (χ0n) is 15.6. The Morgan fingerprint density at radius 1 is 1.15 bits per heavy atom. The van der Waals surface area contributed by atoms with Gasteiger partial charge in [0, 0.05) is 18.0 Å². The average molecular weight is 372 g/mol. The molecule has 2 aromatic rings. The molecule has 1 saturated carbocycles. The average Bonchev–Trinajstić information content (AvgIpc) is 2.65. The first kappa shape index (κ1) is 19.2. The zero-order chi connectivity index (χ0) is 19.4. The van der Waals surface area contributed by atoms with Crippen LogP contribution in [0.15, 0.2) is 36.4 Å². The van der Waals surface area contributed by atoms with Gasteiger partial charge in [0.2, 0.25) is 5.91 Å². The maximum atomic E-state index is 13.8. The lowest BCUT2D eigenvalue weighted by atomic mass is 9.85. The van der Waals surface area contributed by atoms with E-state index in [0.29, 0.717) is 29.4 Å². The van der Waals surface area contributed by atoms with E-state index >= 15 is 0 Å². The number of anilines is 1. The molecule has 3 N–H and O–H groups in total. The monoisotopic (exact) mass is 372 g/mol. The Hall–Kier alpha value is -2.60. The molecule has 5 nitrogen and oxygen atoms in total. The fraction of sp³-hybridized carbons (Fsp3) is 0.381. The van der Waals surface area contributed by atoms with Crippen molar-refractivity contribution in [2.75, 3.05) is 12.4 Å². The number of nitrogens with two attached hydrogens (primary N) is 1. The fourth-order valence-electron chi connectivity index (χ4n) is 3.37. The lowest BCUT2D eigenvalue weighted by Gasteiger charge is -2.26. The summed E-state index contributed by atoms with van der Waals surface area (Å²) in [6.07, 6.45) is 3.29. The van der Waals surface area contributed by atoms with Crippen LogP contribution in [0.3, 0.4) is 0 Å². The maximum absolute atomic E-state index is 13.8. The molecule has 0 bridgehead atoms. The van der Waals surface area contributed by atoms with Crippen LogP contribution in [0.1, 0.15) is 31.2 Å². The van der Waals surface area contributed by atoms with Crippen molar-refractivity contribution in [3.63, 3.8) is 0 Å². The largest absolute Gasteiger partial charge is 0.493 e. The van der Waals surface area contributed by atoms with Crippen LogP contribution >= 0.6 is 0 Å². The van der Waals surface area contributed by atoms with Crippen LogP contribution in [0.5, 0.6) is 17.2 Å². The number of carbonyl (C=O) groups is 1.